The van der Waals surface area contributed by atoms with Gasteiger partial charge < -0.3 is 19.9 Å². The molecule has 8 nitrogen and oxygen atoms in total. The molecule has 9 heteroatoms. The molecule has 0 bridgehead atoms. The fourth-order valence-corrected chi connectivity index (χ4v) is 4.47. The number of imidazole rings is 1. The van der Waals surface area contributed by atoms with Gasteiger partial charge >= 0.3 is 5.97 Å². The minimum atomic E-state index is -0.604. The van der Waals surface area contributed by atoms with Crippen LogP contribution in [0.5, 0.6) is 11.5 Å². The van der Waals surface area contributed by atoms with Crippen molar-refractivity contribution in [3.63, 3.8) is 0 Å². The highest BCUT2D eigenvalue weighted by Crippen LogP contribution is 2.49. The zero-order valence-corrected chi connectivity index (χ0v) is 16.8. The second-order valence-corrected chi connectivity index (χ2v) is 7.38. The number of nitriles is 1. The first-order valence-electron chi connectivity index (χ1n) is 8.56. The van der Waals surface area contributed by atoms with Gasteiger partial charge in [-0.25, -0.2) is 9.55 Å². The van der Waals surface area contributed by atoms with Crippen molar-refractivity contribution in [1.82, 2.24) is 9.55 Å². The first-order valence-corrected chi connectivity index (χ1v) is 9.35. The number of hydrogen-bond donors (Lipinski definition) is 1. The quantitative estimate of drug-likeness (QED) is 0.571. The largest absolute Gasteiger partial charge is 0.493 e. The number of aromatic nitrogens is 2. The number of benzene rings is 1. The van der Waals surface area contributed by atoms with Crippen LogP contribution in [0.3, 0.4) is 0 Å². The molecule has 0 spiro atoms. The number of methoxy groups -OCH3 is 2. The summed E-state index contributed by atoms with van der Waals surface area (Å²) in [6, 6.07) is 3.80. The van der Waals surface area contributed by atoms with Gasteiger partial charge in [0.2, 0.25) is 5.95 Å². The van der Waals surface area contributed by atoms with Crippen molar-refractivity contribution in [3.05, 3.63) is 45.2 Å². The summed E-state index contributed by atoms with van der Waals surface area (Å²) in [6.07, 6.45) is 4.14. The molecule has 0 amide bonds. The van der Waals surface area contributed by atoms with Gasteiger partial charge in [0.25, 0.3) is 0 Å². The van der Waals surface area contributed by atoms with E-state index in [9.17, 15) is 10.1 Å². The maximum atomic E-state index is 11.8. The number of nitrogen functional groups attached to an aromatic ring is 1. The molecule has 1 aliphatic heterocycles. The van der Waals surface area contributed by atoms with Gasteiger partial charge in [-0.2, -0.15) is 5.26 Å². The van der Waals surface area contributed by atoms with Crippen molar-refractivity contribution in [2.45, 2.75) is 24.9 Å². The van der Waals surface area contributed by atoms with E-state index in [2.05, 4.69) is 27.1 Å². The number of carbonyl (C=O) groups is 1. The Morgan fingerprint density at radius 1 is 1.39 bits per heavy atom. The van der Waals surface area contributed by atoms with Gasteiger partial charge in [-0.1, -0.05) is 6.08 Å². The van der Waals surface area contributed by atoms with Crippen LogP contribution >= 0.6 is 15.9 Å². The van der Waals surface area contributed by atoms with Gasteiger partial charge in [-0.15, -0.1) is 0 Å². The van der Waals surface area contributed by atoms with Crippen LogP contribution in [0.4, 0.5) is 5.95 Å². The number of carbonyl (C=O) groups excluding carboxylic acids is 1. The lowest BCUT2D eigenvalue weighted by molar-refractivity contribution is -0.148. The van der Waals surface area contributed by atoms with Gasteiger partial charge in [-0.3, -0.25) is 4.79 Å². The maximum Gasteiger partial charge on any atom is 0.310 e. The molecule has 2 atom stereocenters. The van der Waals surface area contributed by atoms with Crippen LogP contribution in [0.15, 0.2) is 28.3 Å². The van der Waals surface area contributed by atoms with Gasteiger partial charge in [0, 0.05) is 5.92 Å². The van der Waals surface area contributed by atoms with E-state index in [1.165, 1.54) is 4.57 Å². The van der Waals surface area contributed by atoms with Gasteiger partial charge in [0.15, 0.2) is 23.8 Å². The third-order valence-corrected chi connectivity index (χ3v) is 5.65. The standard InChI is InChI=1S/C19H17BrN4O4/c1-26-13-7-10(6-12(20)18(13)27-2)11-5-9-3-4-14(25)28-17(9)15-16(11)24(8-21)19(22)23-15/h3,6-7,11,17H,4-5H2,1-2H3,(H2,22,23). The SMILES string of the molecule is COc1cc(C2CC3=CCC(=O)OC3c3nc(N)n(C#N)c32)cc(Br)c1OC. The monoisotopic (exact) mass is 444 g/mol. The van der Waals surface area contributed by atoms with E-state index in [1.54, 1.807) is 14.2 Å². The normalized spacial score (nSPS) is 20.4. The number of halogens is 1. The lowest BCUT2D eigenvalue weighted by Gasteiger charge is -2.33. The van der Waals surface area contributed by atoms with Gasteiger partial charge in [-0.05, 0) is 45.6 Å². The van der Waals surface area contributed by atoms with Crippen molar-refractivity contribution in [1.29, 1.82) is 5.26 Å². The molecule has 2 aromatic rings. The topological polar surface area (TPSA) is 112 Å². The summed E-state index contributed by atoms with van der Waals surface area (Å²) in [5, 5.41) is 9.63. The Bertz CT molecular complexity index is 1050. The average Bonchev–Trinajstić information content (AvgIpc) is 3.03. The van der Waals surface area contributed by atoms with E-state index in [0.717, 1.165) is 15.6 Å². The molecular weight excluding hydrogens is 428 g/mol. The fourth-order valence-electron chi connectivity index (χ4n) is 3.85. The molecule has 2 heterocycles. The summed E-state index contributed by atoms with van der Waals surface area (Å²) >= 11 is 3.52. The highest BCUT2D eigenvalue weighted by molar-refractivity contribution is 9.10. The van der Waals surface area contributed by atoms with Crippen LogP contribution in [-0.4, -0.2) is 29.7 Å². The number of hydrogen-bond acceptors (Lipinski definition) is 7. The number of anilines is 1. The van der Waals surface area contributed by atoms with Crippen LogP contribution < -0.4 is 15.2 Å². The Labute approximate surface area is 169 Å². The number of nitrogens with zero attached hydrogens (tertiary/aromatic N) is 3. The molecule has 2 N–H and O–H groups in total. The minimum absolute atomic E-state index is 0.0694. The molecule has 2 aliphatic rings. The summed E-state index contributed by atoms with van der Waals surface area (Å²) in [7, 11) is 3.13. The molecule has 4 rings (SSSR count). The summed E-state index contributed by atoms with van der Waals surface area (Å²) < 4.78 is 18.4. The molecule has 0 saturated heterocycles. The Hall–Kier alpha value is -2.99. The second-order valence-electron chi connectivity index (χ2n) is 6.52. The van der Waals surface area contributed by atoms with Crippen LogP contribution in [0, 0.1) is 11.5 Å². The van der Waals surface area contributed by atoms with E-state index in [-0.39, 0.29) is 24.3 Å². The molecule has 1 aromatic heterocycles. The zero-order chi connectivity index (χ0) is 20.0. The Morgan fingerprint density at radius 2 is 2.18 bits per heavy atom. The predicted molar refractivity (Wildman–Crippen MR) is 103 cm³/mol. The average molecular weight is 445 g/mol. The van der Waals surface area contributed by atoms with Crippen molar-refractivity contribution >= 4 is 27.8 Å². The maximum absolute atomic E-state index is 11.8. The van der Waals surface area contributed by atoms with Crippen LogP contribution in [0.25, 0.3) is 0 Å². The van der Waals surface area contributed by atoms with Crippen molar-refractivity contribution < 1.29 is 19.0 Å². The minimum Gasteiger partial charge on any atom is -0.493 e. The van der Waals surface area contributed by atoms with Crippen LogP contribution in [0.1, 0.15) is 41.8 Å². The zero-order valence-electron chi connectivity index (χ0n) is 15.2. The molecule has 28 heavy (non-hydrogen) atoms. The third-order valence-electron chi connectivity index (χ3n) is 5.06. The summed E-state index contributed by atoms with van der Waals surface area (Å²) in [6.45, 7) is 0. The number of nitrogens with two attached hydrogens (primary N) is 1. The lowest BCUT2D eigenvalue weighted by Crippen LogP contribution is -2.26. The predicted octanol–water partition coefficient (Wildman–Crippen LogP) is 3.02. The van der Waals surface area contributed by atoms with E-state index < -0.39 is 6.10 Å². The molecule has 0 saturated carbocycles. The Balaban J connectivity index is 1.92. The van der Waals surface area contributed by atoms with Crippen molar-refractivity contribution in [2.75, 3.05) is 20.0 Å². The molecule has 144 valence electrons. The fraction of sp³-hybridized carbons (Fsp3) is 0.316. The lowest BCUT2D eigenvalue weighted by atomic mass is 9.79. The number of rotatable bonds is 3. The van der Waals surface area contributed by atoms with E-state index in [4.69, 9.17) is 19.9 Å². The third kappa shape index (κ3) is 2.72. The number of fused-ring (bicyclic) bond motifs is 3. The molecule has 0 radical (unpaired) electrons. The number of esters is 1. The van der Waals surface area contributed by atoms with Crippen LogP contribution in [0.2, 0.25) is 0 Å². The highest BCUT2D eigenvalue weighted by Gasteiger charge is 2.41. The van der Waals surface area contributed by atoms with E-state index in [0.29, 0.717) is 29.3 Å². The summed E-state index contributed by atoms with van der Waals surface area (Å²) in [4.78, 5) is 16.2. The summed E-state index contributed by atoms with van der Waals surface area (Å²) in [5.41, 5.74) is 8.95. The van der Waals surface area contributed by atoms with Crippen molar-refractivity contribution in [2.24, 2.45) is 0 Å². The molecule has 0 fully saturated rings. The highest BCUT2D eigenvalue weighted by atomic mass is 79.9. The first kappa shape index (κ1) is 18.4. The smallest absolute Gasteiger partial charge is 0.310 e. The number of ether oxygens (including phenoxy) is 3. The molecule has 2 unspecified atom stereocenters. The second kappa shape index (κ2) is 6.87. The van der Waals surface area contributed by atoms with E-state index in [1.807, 2.05) is 18.2 Å². The van der Waals surface area contributed by atoms with Gasteiger partial charge in [0.05, 0.1) is 30.8 Å². The molecule has 1 aliphatic carbocycles. The Kier molecular flexibility index (Phi) is 4.51. The summed E-state index contributed by atoms with van der Waals surface area (Å²) in [5.74, 6) is 0.682. The first-order chi connectivity index (χ1) is 13.5. The molecule has 1 aromatic carbocycles. The van der Waals surface area contributed by atoms with Crippen LogP contribution in [-0.2, 0) is 9.53 Å². The van der Waals surface area contributed by atoms with E-state index >= 15 is 0 Å². The molecular formula is C19H17BrN4O4. The Morgan fingerprint density at radius 3 is 2.86 bits per heavy atom. The van der Waals surface area contributed by atoms with Crippen molar-refractivity contribution in [3.8, 4) is 17.7 Å². The van der Waals surface area contributed by atoms with Gasteiger partial charge in [0.1, 0.15) is 5.69 Å².